The SMILES string of the molecule is CSc1ccc(C(CCC(Cc2ccccc2)(C(=O)c2ccc(N3CCOCC3)cc2)N(C)C)(CC(C)(O)C(=O)c2ccccc2)C(C)(C)N2CCOCC2)cc1. The maximum absolute atomic E-state index is 15.5. The van der Waals surface area contributed by atoms with Crippen LogP contribution in [-0.4, -0.2) is 116 Å². The van der Waals surface area contributed by atoms with Gasteiger partial charge in [-0.3, -0.25) is 19.4 Å². The van der Waals surface area contributed by atoms with Crippen molar-refractivity contribution in [1.82, 2.24) is 9.80 Å². The van der Waals surface area contributed by atoms with Crippen molar-refractivity contribution in [3.8, 4) is 0 Å². The summed E-state index contributed by atoms with van der Waals surface area (Å²) in [5, 5.41) is 12.6. The van der Waals surface area contributed by atoms with Gasteiger partial charge in [0.05, 0.1) is 32.0 Å². The van der Waals surface area contributed by atoms with E-state index in [0.29, 0.717) is 69.9 Å². The lowest BCUT2D eigenvalue weighted by atomic mass is 9.57. The summed E-state index contributed by atoms with van der Waals surface area (Å²) in [6.45, 7) is 11.8. The molecule has 2 fully saturated rings. The Morgan fingerprint density at radius 2 is 1.25 bits per heavy atom. The summed E-state index contributed by atoms with van der Waals surface area (Å²) >= 11 is 1.68. The van der Waals surface area contributed by atoms with Gasteiger partial charge in [0.2, 0.25) is 0 Å². The summed E-state index contributed by atoms with van der Waals surface area (Å²) in [7, 11) is 4.03. The Balaban J connectivity index is 1.50. The third-order valence-electron chi connectivity index (χ3n) is 12.9. The number of nitrogens with zero attached hydrogens (tertiary/aromatic N) is 3. The molecule has 9 heteroatoms. The molecular weight excluding hydrogens is 731 g/mol. The molecule has 8 nitrogen and oxygen atoms in total. The highest BCUT2D eigenvalue weighted by Gasteiger charge is 2.55. The molecule has 0 aliphatic carbocycles. The van der Waals surface area contributed by atoms with Crippen LogP contribution in [0.2, 0.25) is 0 Å². The summed E-state index contributed by atoms with van der Waals surface area (Å²) < 4.78 is 11.5. The van der Waals surface area contributed by atoms with Crippen molar-refractivity contribution < 1.29 is 24.2 Å². The largest absolute Gasteiger partial charge is 0.382 e. The Bertz CT molecular complexity index is 1910. The van der Waals surface area contributed by atoms with Gasteiger partial charge in [0, 0.05) is 58.8 Å². The molecule has 0 aromatic heterocycles. The number of rotatable bonds is 17. The first-order chi connectivity index (χ1) is 27.3. The standard InChI is InChI=1S/C48H61N3O5S/c1-45(2,51-29-33-56-34-30-51)47(40-19-23-42(57-6)24-20-40,36-46(3,54)43(52)38-15-11-8-12-16-38)25-26-48(49(4)5,35-37-13-9-7-10-14-37)44(53)39-17-21-41(22-18-39)50-27-31-55-32-28-50/h7-24,54H,25-36H2,1-6H3. The van der Waals surface area contributed by atoms with Crippen molar-refractivity contribution in [1.29, 1.82) is 0 Å². The van der Waals surface area contributed by atoms with Crippen molar-refractivity contribution >= 4 is 29.0 Å². The number of aliphatic hydroxyl groups is 1. The molecule has 2 heterocycles. The highest BCUT2D eigenvalue weighted by Crippen LogP contribution is 2.51. The Labute approximate surface area is 344 Å². The lowest BCUT2D eigenvalue weighted by Crippen LogP contribution is -2.64. The molecule has 4 aromatic rings. The highest BCUT2D eigenvalue weighted by atomic mass is 32.2. The van der Waals surface area contributed by atoms with Crippen LogP contribution in [0.4, 0.5) is 5.69 Å². The van der Waals surface area contributed by atoms with Gasteiger partial charge in [0.1, 0.15) is 5.60 Å². The van der Waals surface area contributed by atoms with Gasteiger partial charge in [-0.15, -0.1) is 11.8 Å². The minimum Gasteiger partial charge on any atom is -0.382 e. The van der Waals surface area contributed by atoms with E-state index in [0.717, 1.165) is 34.8 Å². The van der Waals surface area contributed by atoms with Crippen LogP contribution < -0.4 is 4.90 Å². The fourth-order valence-corrected chi connectivity index (χ4v) is 9.66. The van der Waals surface area contributed by atoms with Crippen molar-refractivity contribution in [2.75, 3.05) is 77.9 Å². The summed E-state index contributed by atoms with van der Waals surface area (Å²) in [5.74, 6) is -0.265. The number of hydrogen-bond acceptors (Lipinski definition) is 9. The molecule has 0 radical (unpaired) electrons. The summed E-state index contributed by atoms with van der Waals surface area (Å²) in [6, 6.07) is 36.1. The molecule has 2 saturated heterocycles. The number of carbonyl (C=O) groups excluding carboxylic acids is 2. The second-order valence-electron chi connectivity index (χ2n) is 16.7. The number of Topliss-reactive ketones (excluding diaryl/α,β-unsaturated/α-hetero) is 2. The van der Waals surface area contributed by atoms with Crippen LogP contribution in [0.3, 0.4) is 0 Å². The number of hydrogen-bond donors (Lipinski definition) is 1. The molecule has 3 unspecified atom stereocenters. The number of carbonyl (C=O) groups is 2. The maximum Gasteiger partial charge on any atom is 0.194 e. The number of ketones is 2. The number of anilines is 1. The van der Waals surface area contributed by atoms with E-state index >= 15 is 4.79 Å². The molecule has 0 spiro atoms. The predicted molar refractivity (Wildman–Crippen MR) is 232 cm³/mol. The van der Waals surface area contributed by atoms with E-state index in [4.69, 9.17) is 9.47 Å². The first-order valence-electron chi connectivity index (χ1n) is 20.3. The lowest BCUT2D eigenvalue weighted by molar-refractivity contribution is -0.0671. The highest BCUT2D eigenvalue weighted by molar-refractivity contribution is 7.98. The number of thioether (sulfide) groups is 1. The van der Waals surface area contributed by atoms with E-state index in [2.05, 4.69) is 83.3 Å². The smallest absolute Gasteiger partial charge is 0.194 e. The molecular formula is C48H61N3O5S. The van der Waals surface area contributed by atoms with E-state index in [9.17, 15) is 9.90 Å². The van der Waals surface area contributed by atoms with Gasteiger partial charge in [-0.25, -0.2) is 0 Å². The second kappa shape index (κ2) is 18.4. The normalized spacial score (nSPS) is 18.7. The van der Waals surface area contributed by atoms with Gasteiger partial charge in [-0.05, 0) is 114 Å². The number of morpholine rings is 2. The minimum atomic E-state index is -1.73. The van der Waals surface area contributed by atoms with E-state index in [-0.39, 0.29) is 18.0 Å². The minimum absolute atomic E-state index is 0.0489. The average Bonchev–Trinajstić information content (AvgIpc) is 3.25. The second-order valence-corrected chi connectivity index (χ2v) is 17.6. The van der Waals surface area contributed by atoms with E-state index in [1.54, 1.807) is 30.8 Å². The van der Waals surface area contributed by atoms with Crippen molar-refractivity contribution in [2.24, 2.45) is 0 Å². The Morgan fingerprint density at radius 1 is 0.702 bits per heavy atom. The third-order valence-corrected chi connectivity index (χ3v) is 13.6. The van der Waals surface area contributed by atoms with Crippen LogP contribution in [0.5, 0.6) is 0 Å². The van der Waals surface area contributed by atoms with Crippen LogP contribution in [0.25, 0.3) is 0 Å². The Morgan fingerprint density at radius 3 is 1.81 bits per heavy atom. The van der Waals surface area contributed by atoms with Gasteiger partial charge >= 0.3 is 0 Å². The number of likely N-dealkylation sites (N-methyl/N-ethyl adjacent to an activating group) is 1. The molecule has 0 amide bonds. The fraction of sp³-hybridized carbons (Fsp3) is 0.458. The van der Waals surface area contributed by atoms with E-state index in [1.807, 2.05) is 62.6 Å². The molecule has 2 aliphatic heterocycles. The zero-order valence-corrected chi connectivity index (χ0v) is 35.5. The maximum atomic E-state index is 15.5. The van der Waals surface area contributed by atoms with Gasteiger partial charge < -0.3 is 19.5 Å². The number of ether oxygens (including phenoxy) is 2. The Hall–Kier alpha value is -3.83. The first kappa shape index (κ1) is 42.8. The zero-order valence-electron chi connectivity index (χ0n) is 34.7. The van der Waals surface area contributed by atoms with Crippen LogP contribution in [0, 0.1) is 0 Å². The molecule has 57 heavy (non-hydrogen) atoms. The zero-order chi connectivity index (χ0) is 40.7. The predicted octanol–water partition coefficient (Wildman–Crippen LogP) is 7.82. The molecule has 2 aliphatic rings. The summed E-state index contributed by atoms with van der Waals surface area (Å²) in [5.41, 5.74) is 0.209. The number of benzene rings is 4. The molecule has 3 atom stereocenters. The van der Waals surface area contributed by atoms with Crippen molar-refractivity contribution in [3.63, 3.8) is 0 Å². The van der Waals surface area contributed by atoms with Crippen LogP contribution in [0.1, 0.15) is 71.9 Å². The van der Waals surface area contributed by atoms with Gasteiger partial charge in [-0.2, -0.15) is 0 Å². The molecule has 0 bridgehead atoms. The van der Waals surface area contributed by atoms with Gasteiger partial charge in [0.25, 0.3) is 0 Å². The Kier molecular flexibility index (Phi) is 13.8. The van der Waals surface area contributed by atoms with Crippen LogP contribution >= 0.6 is 11.8 Å². The molecule has 4 aromatic carbocycles. The van der Waals surface area contributed by atoms with E-state index in [1.165, 1.54) is 0 Å². The topological polar surface area (TPSA) is 82.6 Å². The molecule has 1 N–H and O–H groups in total. The third kappa shape index (κ3) is 9.25. The monoisotopic (exact) mass is 791 g/mol. The first-order valence-corrected chi connectivity index (χ1v) is 21.5. The molecule has 0 saturated carbocycles. The van der Waals surface area contributed by atoms with Crippen molar-refractivity contribution in [2.45, 2.75) is 73.4 Å². The molecule has 304 valence electrons. The van der Waals surface area contributed by atoms with Crippen LogP contribution in [-0.2, 0) is 21.3 Å². The van der Waals surface area contributed by atoms with Crippen molar-refractivity contribution in [3.05, 3.63) is 131 Å². The average molecular weight is 792 g/mol. The quantitative estimate of drug-likeness (QED) is 0.0851. The fourth-order valence-electron chi connectivity index (χ4n) is 9.25. The lowest BCUT2D eigenvalue weighted by Gasteiger charge is -2.57. The van der Waals surface area contributed by atoms with Gasteiger partial charge in [-0.1, -0.05) is 72.8 Å². The van der Waals surface area contributed by atoms with Gasteiger partial charge in [0.15, 0.2) is 11.6 Å². The van der Waals surface area contributed by atoms with E-state index < -0.39 is 22.1 Å². The molecule has 6 rings (SSSR count). The summed E-state index contributed by atoms with van der Waals surface area (Å²) in [4.78, 5) is 37.9. The van der Waals surface area contributed by atoms with Crippen LogP contribution in [0.15, 0.2) is 114 Å². The summed E-state index contributed by atoms with van der Waals surface area (Å²) in [6.07, 6.45) is 3.68.